The highest BCUT2D eigenvalue weighted by Gasteiger charge is 2.19. The number of anilines is 1. The van der Waals surface area contributed by atoms with Gasteiger partial charge in [0, 0.05) is 50.2 Å². The van der Waals surface area contributed by atoms with E-state index in [9.17, 15) is 8.78 Å². The maximum atomic E-state index is 13.4. The van der Waals surface area contributed by atoms with Gasteiger partial charge in [-0.2, -0.15) is 10.2 Å². The molecule has 0 saturated carbocycles. The minimum atomic E-state index is -2.68. The van der Waals surface area contributed by atoms with Crippen LogP contribution in [-0.2, 0) is 20.1 Å². The molecular formula is C18H23F2N7. The van der Waals surface area contributed by atoms with Crippen molar-refractivity contribution in [2.75, 3.05) is 11.9 Å². The minimum absolute atomic E-state index is 0.245. The minimum Gasteiger partial charge on any atom is -0.339 e. The Morgan fingerprint density at radius 3 is 2.52 bits per heavy atom. The van der Waals surface area contributed by atoms with E-state index in [-0.39, 0.29) is 11.6 Å². The van der Waals surface area contributed by atoms with E-state index in [0.29, 0.717) is 18.8 Å². The van der Waals surface area contributed by atoms with E-state index >= 15 is 0 Å². The van der Waals surface area contributed by atoms with E-state index in [2.05, 4.69) is 20.2 Å². The second-order valence-electron chi connectivity index (χ2n) is 6.51. The van der Waals surface area contributed by atoms with Crippen LogP contribution in [0.4, 0.5) is 14.7 Å². The molecule has 0 spiro atoms. The predicted octanol–water partition coefficient (Wildman–Crippen LogP) is 3.28. The number of nitrogens with zero attached hydrogens (tertiary/aromatic N) is 7. The summed E-state index contributed by atoms with van der Waals surface area (Å²) in [5.41, 5.74) is 3.63. The predicted molar refractivity (Wildman–Crippen MR) is 98.7 cm³/mol. The lowest BCUT2D eigenvalue weighted by atomic mass is 10.1. The van der Waals surface area contributed by atoms with E-state index in [4.69, 9.17) is 0 Å². The third-order valence-electron chi connectivity index (χ3n) is 4.50. The van der Waals surface area contributed by atoms with Gasteiger partial charge in [0.25, 0.3) is 6.43 Å². The van der Waals surface area contributed by atoms with E-state index < -0.39 is 6.43 Å². The Hall–Kier alpha value is -2.84. The summed E-state index contributed by atoms with van der Waals surface area (Å²) in [5, 5.41) is 8.60. The summed E-state index contributed by atoms with van der Waals surface area (Å²) in [5.74, 6) is 0.245. The van der Waals surface area contributed by atoms with Gasteiger partial charge in [-0.1, -0.05) is 0 Å². The van der Waals surface area contributed by atoms with Gasteiger partial charge in [-0.05, 0) is 26.8 Å². The topological polar surface area (TPSA) is 64.7 Å². The molecule has 144 valence electrons. The van der Waals surface area contributed by atoms with Gasteiger partial charge in [0.15, 0.2) is 0 Å². The number of rotatable bonds is 6. The van der Waals surface area contributed by atoms with Crippen LogP contribution in [0, 0.1) is 13.8 Å². The Labute approximate surface area is 156 Å². The highest BCUT2D eigenvalue weighted by molar-refractivity contribution is 5.63. The lowest BCUT2D eigenvalue weighted by molar-refractivity contribution is 0.146. The van der Waals surface area contributed by atoms with Crippen molar-refractivity contribution in [1.82, 2.24) is 29.5 Å². The number of halogens is 2. The molecule has 0 aliphatic heterocycles. The fourth-order valence-electron chi connectivity index (χ4n) is 3.02. The molecule has 0 amide bonds. The van der Waals surface area contributed by atoms with Crippen LogP contribution < -0.4 is 4.90 Å². The average molecular weight is 375 g/mol. The maximum absolute atomic E-state index is 13.4. The Bertz CT molecular complexity index is 945. The molecule has 0 aromatic carbocycles. The van der Waals surface area contributed by atoms with Crippen LogP contribution in [-0.4, -0.2) is 36.6 Å². The molecule has 9 heteroatoms. The van der Waals surface area contributed by atoms with E-state index in [1.165, 1.54) is 6.07 Å². The van der Waals surface area contributed by atoms with Gasteiger partial charge in [0.05, 0.1) is 17.6 Å². The van der Waals surface area contributed by atoms with Gasteiger partial charge < -0.3 is 4.90 Å². The van der Waals surface area contributed by atoms with Crippen molar-refractivity contribution in [1.29, 1.82) is 0 Å². The first-order valence-corrected chi connectivity index (χ1v) is 8.70. The maximum Gasteiger partial charge on any atom is 0.280 e. The zero-order chi connectivity index (χ0) is 19.7. The third kappa shape index (κ3) is 3.81. The van der Waals surface area contributed by atoms with E-state index in [0.717, 1.165) is 22.5 Å². The van der Waals surface area contributed by atoms with Crippen molar-refractivity contribution in [3.63, 3.8) is 0 Å². The van der Waals surface area contributed by atoms with Crippen molar-refractivity contribution in [3.8, 4) is 11.3 Å². The Morgan fingerprint density at radius 2 is 1.96 bits per heavy atom. The van der Waals surface area contributed by atoms with Crippen molar-refractivity contribution in [2.45, 2.75) is 40.3 Å². The monoisotopic (exact) mass is 375 g/mol. The Morgan fingerprint density at radius 1 is 1.22 bits per heavy atom. The first-order valence-electron chi connectivity index (χ1n) is 8.70. The summed E-state index contributed by atoms with van der Waals surface area (Å²) in [6, 6.07) is 1.33. The van der Waals surface area contributed by atoms with Gasteiger partial charge in [-0.25, -0.2) is 18.7 Å². The van der Waals surface area contributed by atoms with Crippen LogP contribution in [0.25, 0.3) is 11.3 Å². The van der Waals surface area contributed by atoms with Crippen molar-refractivity contribution in [2.24, 2.45) is 7.05 Å². The smallest absolute Gasteiger partial charge is 0.280 e. The molecule has 0 fully saturated rings. The molecule has 27 heavy (non-hydrogen) atoms. The Balaban J connectivity index is 2.00. The summed E-state index contributed by atoms with van der Waals surface area (Å²) in [4.78, 5) is 10.3. The standard InChI is InChI=1S/C18H23F2N7/c1-6-27-12(3)14(8-21-27)15-7-16(17(19)20)23-18(22-15)25(4)9-13-10-26(5)24-11(13)2/h7-8,10,17H,6,9H2,1-5H3. The second-order valence-corrected chi connectivity index (χ2v) is 6.51. The van der Waals surface area contributed by atoms with Gasteiger partial charge in [0.2, 0.25) is 5.95 Å². The summed E-state index contributed by atoms with van der Waals surface area (Å²) in [6.45, 7) is 6.96. The molecule has 3 aromatic heterocycles. The molecule has 0 bridgehead atoms. The molecule has 3 rings (SSSR count). The number of aromatic nitrogens is 6. The molecule has 0 radical (unpaired) electrons. The number of aryl methyl sites for hydroxylation is 3. The summed E-state index contributed by atoms with van der Waals surface area (Å²) in [6.07, 6.45) is 0.880. The summed E-state index contributed by atoms with van der Waals surface area (Å²) in [7, 11) is 3.62. The third-order valence-corrected chi connectivity index (χ3v) is 4.50. The first kappa shape index (κ1) is 18.9. The van der Waals surface area contributed by atoms with Crippen LogP contribution in [0.15, 0.2) is 18.5 Å². The first-order chi connectivity index (χ1) is 12.8. The molecule has 0 saturated heterocycles. The van der Waals surface area contributed by atoms with Crippen LogP contribution in [0.3, 0.4) is 0 Å². The highest BCUT2D eigenvalue weighted by atomic mass is 19.3. The van der Waals surface area contributed by atoms with Crippen molar-refractivity contribution >= 4 is 5.95 Å². The van der Waals surface area contributed by atoms with Gasteiger partial charge in [0.1, 0.15) is 5.69 Å². The zero-order valence-corrected chi connectivity index (χ0v) is 16.1. The Kier molecular flexibility index (Phi) is 5.20. The fourth-order valence-corrected chi connectivity index (χ4v) is 3.02. The summed E-state index contributed by atoms with van der Waals surface area (Å²) < 4.78 is 30.4. The van der Waals surface area contributed by atoms with Crippen LogP contribution >= 0.6 is 0 Å². The van der Waals surface area contributed by atoms with Crippen LogP contribution in [0.1, 0.15) is 36.0 Å². The van der Waals surface area contributed by atoms with Crippen LogP contribution in [0.2, 0.25) is 0 Å². The average Bonchev–Trinajstić information content (AvgIpc) is 3.15. The lowest BCUT2D eigenvalue weighted by Gasteiger charge is -2.18. The molecule has 0 aliphatic carbocycles. The van der Waals surface area contributed by atoms with E-state index in [1.807, 2.05) is 38.7 Å². The molecule has 3 heterocycles. The molecule has 0 aliphatic rings. The zero-order valence-electron chi connectivity index (χ0n) is 16.1. The van der Waals surface area contributed by atoms with Gasteiger partial charge >= 0.3 is 0 Å². The second kappa shape index (κ2) is 7.42. The molecule has 0 N–H and O–H groups in total. The largest absolute Gasteiger partial charge is 0.339 e. The highest BCUT2D eigenvalue weighted by Crippen LogP contribution is 2.28. The van der Waals surface area contributed by atoms with Crippen molar-refractivity contribution < 1.29 is 8.78 Å². The number of hydrogen-bond acceptors (Lipinski definition) is 5. The molecular weight excluding hydrogens is 352 g/mol. The molecule has 0 atom stereocenters. The van der Waals surface area contributed by atoms with E-state index in [1.54, 1.807) is 22.8 Å². The number of alkyl halides is 2. The SMILES string of the molecule is CCn1ncc(-c2cc(C(F)F)nc(N(C)Cc3cn(C)nc3C)n2)c1C. The van der Waals surface area contributed by atoms with Crippen LogP contribution in [0.5, 0.6) is 0 Å². The normalized spacial score (nSPS) is 11.4. The summed E-state index contributed by atoms with van der Waals surface area (Å²) >= 11 is 0. The number of hydrogen-bond donors (Lipinski definition) is 0. The molecule has 7 nitrogen and oxygen atoms in total. The fraction of sp³-hybridized carbons (Fsp3) is 0.444. The van der Waals surface area contributed by atoms with Gasteiger partial charge in [-0.15, -0.1) is 0 Å². The molecule has 0 unspecified atom stereocenters. The van der Waals surface area contributed by atoms with Crippen molar-refractivity contribution in [3.05, 3.63) is 41.1 Å². The van der Waals surface area contributed by atoms with Gasteiger partial charge in [-0.3, -0.25) is 9.36 Å². The molecule has 3 aromatic rings. The quantitative estimate of drug-likeness (QED) is 0.662. The lowest BCUT2D eigenvalue weighted by Crippen LogP contribution is -2.20.